The minimum Gasteiger partial charge on any atom is -0.335 e. The summed E-state index contributed by atoms with van der Waals surface area (Å²) in [5, 5.41) is 20.3. The van der Waals surface area contributed by atoms with Crippen molar-refractivity contribution in [1.82, 2.24) is 55.0 Å². The summed E-state index contributed by atoms with van der Waals surface area (Å²) >= 11 is 0. The molecule has 0 radical (unpaired) electrons. The zero-order chi connectivity index (χ0) is 38.1. The molecule has 0 bridgehead atoms. The van der Waals surface area contributed by atoms with Gasteiger partial charge in [-0.25, -0.2) is 24.2 Å². The van der Waals surface area contributed by atoms with Gasteiger partial charge in [-0.05, 0) is 76.2 Å². The van der Waals surface area contributed by atoms with E-state index in [1.54, 1.807) is 35.4 Å². The average Bonchev–Trinajstić information content (AvgIpc) is 4.03. The summed E-state index contributed by atoms with van der Waals surface area (Å²) in [6.07, 6.45) is 21.6. The highest BCUT2D eigenvalue weighted by Crippen LogP contribution is 2.25. The van der Waals surface area contributed by atoms with Crippen molar-refractivity contribution in [1.29, 1.82) is 0 Å². The zero-order valence-electron chi connectivity index (χ0n) is 31.3. The molecule has 2 aliphatic carbocycles. The quantitative estimate of drug-likeness (QED) is 0.118. The van der Waals surface area contributed by atoms with E-state index in [1.807, 2.05) is 67.8 Å². The first kappa shape index (κ1) is 37.1. The topological polar surface area (TPSA) is 173 Å². The molecule has 284 valence electrons. The summed E-state index contributed by atoms with van der Waals surface area (Å²) < 4.78 is 3.57. The van der Waals surface area contributed by atoms with Crippen LogP contribution in [0.15, 0.2) is 80.2 Å². The van der Waals surface area contributed by atoms with Gasteiger partial charge >= 0.3 is 12.1 Å². The van der Waals surface area contributed by atoms with Gasteiger partial charge < -0.3 is 15.5 Å². The Morgan fingerprint density at radius 2 is 1.22 bits per heavy atom. The van der Waals surface area contributed by atoms with Crippen molar-refractivity contribution in [2.75, 3.05) is 31.3 Å². The van der Waals surface area contributed by atoms with Crippen LogP contribution in [0.25, 0.3) is 50.5 Å². The molecule has 0 saturated heterocycles. The van der Waals surface area contributed by atoms with Crippen LogP contribution in [0.5, 0.6) is 0 Å². The molecule has 6 aromatic rings. The molecule has 15 heteroatoms. The third-order valence-corrected chi connectivity index (χ3v) is 9.80. The van der Waals surface area contributed by atoms with Crippen LogP contribution in [-0.4, -0.2) is 89.2 Å². The number of likely N-dealkylation sites (N-methyl/N-ethyl adjacent to an activating group) is 1. The number of anilines is 2. The predicted octanol–water partition coefficient (Wildman–Crippen LogP) is 6.78. The van der Waals surface area contributed by atoms with Gasteiger partial charge in [0, 0.05) is 71.9 Å². The molecule has 0 aromatic carbocycles. The first-order valence-corrected chi connectivity index (χ1v) is 18.8. The van der Waals surface area contributed by atoms with E-state index in [2.05, 4.69) is 62.9 Å². The van der Waals surface area contributed by atoms with Gasteiger partial charge in [0.2, 0.25) is 0 Å². The first-order chi connectivity index (χ1) is 26.8. The second-order valence-corrected chi connectivity index (χ2v) is 14.3. The Kier molecular flexibility index (Phi) is 11.7. The van der Waals surface area contributed by atoms with Gasteiger partial charge in [0.1, 0.15) is 11.6 Å². The number of hydrogen-bond acceptors (Lipinski definition) is 9. The largest absolute Gasteiger partial charge is 0.335 e. The molecule has 4 amide bonds. The number of hydrogen-bond donors (Lipinski definition) is 4. The number of nitrogens with zero attached hydrogens (tertiary/aromatic N) is 9. The molecular weight excluding hydrogens is 695 g/mol. The summed E-state index contributed by atoms with van der Waals surface area (Å²) in [4.78, 5) is 44.5. The molecule has 15 nitrogen and oxygen atoms in total. The third-order valence-electron chi connectivity index (χ3n) is 9.80. The molecule has 2 saturated carbocycles. The molecule has 2 fully saturated rings. The lowest BCUT2D eigenvalue weighted by Crippen LogP contribution is -2.36. The fraction of sp³-hybridized carbons (Fsp3) is 0.350. The van der Waals surface area contributed by atoms with E-state index in [1.165, 1.54) is 25.7 Å². The third kappa shape index (κ3) is 9.86. The van der Waals surface area contributed by atoms with E-state index >= 15 is 0 Å². The van der Waals surface area contributed by atoms with Crippen LogP contribution in [0.1, 0.15) is 51.4 Å². The van der Waals surface area contributed by atoms with Gasteiger partial charge in [0.25, 0.3) is 0 Å². The van der Waals surface area contributed by atoms with Crippen molar-refractivity contribution in [2.45, 2.75) is 70.0 Å². The van der Waals surface area contributed by atoms with E-state index in [4.69, 9.17) is 0 Å². The number of nitrogens with one attached hydrogen (secondary N) is 4. The Morgan fingerprint density at radius 3 is 1.71 bits per heavy atom. The number of fused-ring (bicyclic) bond motifs is 2. The van der Waals surface area contributed by atoms with E-state index in [-0.39, 0.29) is 24.1 Å². The monoisotopic (exact) mass is 741 g/mol. The Bertz CT molecular complexity index is 2270. The molecule has 0 atom stereocenters. The summed E-state index contributed by atoms with van der Waals surface area (Å²) in [5.74, 6) is 1.03. The number of amides is 4. The number of aromatic nitrogens is 8. The number of pyridine rings is 4. The number of carbonyl (C=O) groups excluding carboxylic acids is 2. The first-order valence-electron chi connectivity index (χ1n) is 18.8. The number of urea groups is 2. The van der Waals surface area contributed by atoms with Crippen LogP contribution in [0.4, 0.5) is 21.2 Å². The number of rotatable bonds is 10. The Morgan fingerprint density at radius 1 is 0.709 bits per heavy atom. The van der Waals surface area contributed by atoms with E-state index < -0.39 is 0 Å². The summed E-state index contributed by atoms with van der Waals surface area (Å²) in [6.45, 7) is 5.45. The van der Waals surface area contributed by atoms with Crippen LogP contribution >= 0.6 is 0 Å². The molecule has 6 heterocycles. The highest BCUT2D eigenvalue weighted by molar-refractivity contribution is 5.91. The van der Waals surface area contributed by atoms with Gasteiger partial charge in [-0.3, -0.25) is 25.3 Å². The fourth-order valence-corrected chi connectivity index (χ4v) is 6.81. The lowest BCUT2D eigenvalue weighted by atomic mass is 10.1. The minimum absolute atomic E-state index is 0.199. The van der Waals surface area contributed by atoms with Crippen molar-refractivity contribution in [3.8, 4) is 22.3 Å². The second kappa shape index (κ2) is 17.3. The molecule has 55 heavy (non-hydrogen) atoms. The molecule has 6 aromatic heterocycles. The molecule has 4 N–H and O–H groups in total. The lowest BCUT2D eigenvalue weighted by molar-refractivity contribution is 0.247. The van der Waals surface area contributed by atoms with Crippen molar-refractivity contribution in [3.05, 3.63) is 80.2 Å². The van der Waals surface area contributed by atoms with Gasteiger partial charge in [0.15, 0.2) is 0 Å². The molecule has 0 aliphatic heterocycles. The second-order valence-electron chi connectivity index (χ2n) is 14.3. The molecule has 0 spiro atoms. The Hall–Kier alpha value is -6.22. The summed E-state index contributed by atoms with van der Waals surface area (Å²) in [5.41, 5.74) is 6.80. The number of carbonyl (C=O) groups is 2. The van der Waals surface area contributed by atoms with Gasteiger partial charge in [-0.15, -0.1) is 0 Å². The highest BCUT2D eigenvalue weighted by Gasteiger charge is 2.18. The Balaban J connectivity index is 0.000000170. The van der Waals surface area contributed by atoms with Crippen LogP contribution < -0.4 is 21.3 Å². The van der Waals surface area contributed by atoms with Gasteiger partial charge in [-0.2, -0.15) is 10.2 Å². The van der Waals surface area contributed by atoms with Crippen LogP contribution in [0.2, 0.25) is 0 Å². The minimum atomic E-state index is -0.208. The molecule has 2 aliphatic rings. The fourth-order valence-electron chi connectivity index (χ4n) is 6.81. The van der Waals surface area contributed by atoms with Gasteiger partial charge in [0.05, 0.1) is 41.0 Å². The summed E-state index contributed by atoms with van der Waals surface area (Å²) in [7, 11) is 4.09. The lowest BCUT2D eigenvalue weighted by Gasteiger charge is -2.12. The van der Waals surface area contributed by atoms with E-state index in [0.717, 1.165) is 77.6 Å². The van der Waals surface area contributed by atoms with Crippen molar-refractivity contribution in [2.24, 2.45) is 0 Å². The maximum atomic E-state index is 12.2. The van der Waals surface area contributed by atoms with E-state index in [9.17, 15) is 9.59 Å². The SMILES string of the molecule is C=Cn1cc(-c2cnc3ccc(NC(=O)NC4CCCC4)nc3c2)cn1.CN(C)CCn1cc(-c2cnc3ccc(NC(=O)NC4CCCC4)nc3c2)cn1. The maximum Gasteiger partial charge on any atom is 0.320 e. The van der Waals surface area contributed by atoms with E-state index in [0.29, 0.717) is 17.2 Å². The van der Waals surface area contributed by atoms with Crippen LogP contribution in [0.3, 0.4) is 0 Å². The van der Waals surface area contributed by atoms with Crippen LogP contribution in [0, 0.1) is 0 Å². The van der Waals surface area contributed by atoms with Crippen LogP contribution in [-0.2, 0) is 6.54 Å². The smallest absolute Gasteiger partial charge is 0.320 e. The maximum absolute atomic E-state index is 12.2. The highest BCUT2D eigenvalue weighted by atomic mass is 16.2. The molecule has 8 rings (SSSR count). The van der Waals surface area contributed by atoms with Gasteiger partial charge in [-0.1, -0.05) is 32.3 Å². The van der Waals surface area contributed by atoms with Crippen molar-refractivity contribution < 1.29 is 9.59 Å². The predicted molar refractivity (Wildman–Crippen MR) is 215 cm³/mol. The molecule has 0 unspecified atom stereocenters. The normalized spacial score (nSPS) is 14.5. The van der Waals surface area contributed by atoms with Crippen molar-refractivity contribution >= 4 is 52.0 Å². The average molecular weight is 742 g/mol. The van der Waals surface area contributed by atoms with Crippen molar-refractivity contribution in [3.63, 3.8) is 0 Å². The summed E-state index contributed by atoms with van der Waals surface area (Å²) in [6, 6.07) is 11.3. The zero-order valence-corrected chi connectivity index (χ0v) is 31.3. The molecular formula is C40H47N13O2. The Labute approximate surface area is 319 Å². The standard InChI is InChI=1S/C21H27N7O.C19H20N6O/c1-27(2)9-10-28-14-16(13-23-28)15-11-19-18(22-12-15)7-8-20(25-19)26-21(29)24-17-5-3-4-6-17;1-2-25-12-14(11-21-25)13-9-17-16(20-10-13)7-8-18(23-17)24-19(26)22-15-5-3-4-6-15/h7-8,11-14,17H,3-6,9-10H2,1-2H3,(H2,24,25,26,29);2,7-12,15H,1,3-6H2,(H2,22,23,24,26).